The average molecular weight is 308 g/mol. The second kappa shape index (κ2) is 4.85. The van der Waals surface area contributed by atoms with Crippen LogP contribution in [0.4, 0.5) is 0 Å². The van der Waals surface area contributed by atoms with Gasteiger partial charge in [0.2, 0.25) is 0 Å². The fourth-order valence-electron chi connectivity index (χ4n) is 4.95. The Bertz CT molecular complexity index is 724. The van der Waals surface area contributed by atoms with Gasteiger partial charge in [-0.1, -0.05) is 42.5 Å². The minimum Gasteiger partial charge on any atom is -0.497 e. The molecule has 0 aromatic heterocycles. The maximum Gasteiger partial charge on any atom is 0.156 e. The monoisotopic (exact) mass is 308 g/mol. The molecule has 2 heterocycles. The summed E-state index contributed by atoms with van der Waals surface area (Å²) >= 11 is 0. The Balaban J connectivity index is 1.66. The van der Waals surface area contributed by atoms with Gasteiger partial charge in [0.15, 0.2) is 5.54 Å². The Morgan fingerprint density at radius 2 is 1.83 bits per heavy atom. The van der Waals surface area contributed by atoms with Gasteiger partial charge >= 0.3 is 0 Å². The normalized spacial score (nSPS) is 34.9. The van der Waals surface area contributed by atoms with E-state index in [1.807, 2.05) is 6.07 Å². The molecule has 0 amide bonds. The smallest absolute Gasteiger partial charge is 0.156 e. The fourth-order valence-corrected chi connectivity index (χ4v) is 4.95. The Morgan fingerprint density at radius 3 is 2.52 bits per heavy atom. The van der Waals surface area contributed by atoms with Crippen molar-refractivity contribution in [3.63, 3.8) is 0 Å². The summed E-state index contributed by atoms with van der Waals surface area (Å²) < 4.78 is 6.70. The van der Waals surface area contributed by atoms with Crippen LogP contribution in [0.25, 0.3) is 0 Å². The summed E-state index contributed by atoms with van der Waals surface area (Å²) in [7, 11) is 1.75. The predicted octanol–water partition coefficient (Wildman–Crippen LogP) is 4.15. The minimum atomic E-state index is 0.232. The number of hydrogen-bond acceptors (Lipinski definition) is 1. The van der Waals surface area contributed by atoms with E-state index in [1.165, 1.54) is 35.1 Å². The number of hydrogen-bond donors (Lipinski definition) is 0. The van der Waals surface area contributed by atoms with Crippen LogP contribution < -0.4 is 4.74 Å². The second-order valence-corrected chi connectivity index (χ2v) is 7.76. The molecule has 2 aliphatic rings. The highest BCUT2D eigenvalue weighted by molar-refractivity contribution is 5.38. The van der Waals surface area contributed by atoms with Crippen LogP contribution in [-0.2, 0) is 12.0 Å². The van der Waals surface area contributed by atoms with Crippen molar-refractivity contribution in [2.75, 3.05) is 20.2 Å². The molecular formula is C21H26NO+. The first-order chi connectivity index (χ1) is 11.0. The fraction of sp³-hybridized carbons (Fsp3) is 0.429. The van der Waals surface area contributed by atoms with E-state index < -0.39 is 0 Å². The lowest BCUT2D eigenvalue weighted by atomic mass is 9.71. The number of rotatable bonds is 4. The van der Waals surface area contributed by atoms with E-state index in [0.29, 0.717) is 5.54 Å². The van der Waals surface area contributed by atoms with Gasteiger partial charge in [0.05, 0.1) is 19.1 Å². The zero-order chi connectivity index (χ0) is 16.1. The highest BCUT2D eigenvalue weighted by Gasteiger charge is 2.78. The number of fused-ring (bicyclic) bond motifs is 1. The first-order valence-electron chi connectivity index (χ1n) is 8.58. The number of nitrogens with zero attached hydrogens (tertiary/aromatic N) is 1. The van der Waals surface area contributed by atoms with Gasteiger partial charge in [0.25, 0.3) is 0 Å². The Labute approximate surface area is 139 Å². The molecule has 23 heavy (non-hydrogen) atoms. The second-order valence-electron chi connectivity index (χ2n) is 7.76. The van der Waals surface area contributed by atoms with Crippen molar-refractivity contribution in [2.45, 2.75) is 37.8 Å². The lowest BCUT2D eigenvalue weighted by Crippen LogP contribution is -2.39. The molecule has 0 bridgehead atoms. The van der Waals surface area contributed by atoms with Gasteiger partial charge in [-0.25, -0.2) is 0 Å². The van der Waals surface area contributed by atoms with Gasteiger partial charge in [0.1, 0.15) is 18.8 Å². The Kier molecular flexibility index (Phi) is 3.11. The topological polar surface area (TPSA) is 9.23 Å². The lowest BCUT2D eigenvalue weighted by Gasteiger charge is -2.29. The maximum absolute atomic E-state index is 5.46. The van der Waals surface area contributed by atoms with E-state index in [2.05, 4.69) is 62.4 Å². The van der Waals surface area contributed by atoms with Gasteiger partial charge in [-0.2, -0.15) is 0 Å². The van der Waals surface area contributed by atoms with E-state index >= 15 is 0 Å². The lowest BCUT2D eigenvalue weighted by molar-refractivity contribution is -0.832. The number of benzene rings is 2. The van der Waals surface area contributed by atoms with Gasteiger partial charge in [-0.15, -0.1) is 0 Å². The standard InChI is InChI=1S/C21H26NO/c1-20(18-10-7-11-19(14-18)23-3)12-13-22(16-21(20,22)2)15-17-8-5-4-6-9-17/h4-11,14H,12-13,15-16H2,1-3H3/q+1. The third kappa shape index (κ3) is 1.98. The molecule has 2 aromatic carbocycles. The van der Waals surface area contributed by atoms with Gasteiger partial charge in [-0.3, -0.25) is 0 Å². The van der Waals surface area contributed by atoms with Crippen LogP contribution in [0.2, 0.25) is 0 Å². The summed E-state index contributed by atoms with van der Waals surface area (Å²) in [5.41, 5.74) is 3.47. The van der Waals surface area contributed by atoms with Crippen molar-refractivity contribution in [3.05, 3.63) is 65.7 Å². The highest BCUT2D eigenvalue weighted by atomic mass is 16.5. The largest absolute Gasteiger partial charge is 0.497 e. The first kappa shape index (κ1) is 14.8. The highest BCUT2D eigenvalue weighted by Crippen LogP contribution is 2.63. The third-order valence-electron chi connectivity index (χ3n) is 6.82. The number of piperidine rings is 1. The summed E-state index contributed by atoms with van der Waals surface area (Å²) in [5, 5.41) is 0. The van der Waals surface area contributed by atoms with Crippen LogP contribution in [0.5, 0.6) is 5.75 Å². The molecule has 0 radical (unpaired) electrons. The van der Waals surface area contributed by atoms with Crippen LogP contribution in [0.15, 0.2) is 54.6 Å². The van der Waals surface area contributed by atoms with Crippen LogP contribution in [0, 0.1) is 0 Å². The van der Waals surface area contributed by atoms with E-state index in [1.54, 1.807) is 7.11 Å². The minimum absolute atomic E-state index is 0.232. The first-order valence-corrected chi connectivity index (χ1v) is 8.58. The van der Waals surface area contributed by atoms with Crippen molar-refractivity contribution in [2.24, 2.45) is 0 Å². The average Bonchev–Trinajstić information content (AvgIpc) is 3.12. The molecule has 120 valence electrons. The number of quaternary nitrogens is 1. The van der Waals surface area contributed by atoms with Crippen LogP contribution in [0.1, 0.15) is 31.4 Å². The molecular weight excluding hydrogens is 282 g/mol. The van der Waals surface area contributed by atoms with Gasteiger partial charge in [0, 0.05) is 12.0 Å². The Morgan fingerprint density at radius 1 is 1.04 bits per heavy atom. The van der Waals surface area contributed by atoms with Crippen LogP contribution >= 0.6 is 0 Å². The van der Waals surface area contributed by atoms with E-state index in [9.17, 15) is 0 Å². The molecule has 0 saturated carbocycles. The Hall–Kier alpha value is -1.80. The van der Waals surface area contributed by atoms with Crippen molar-refractivity contribution >= 4 is 0 Å². The van der Waals surface area contributed by atoms with E-state index in [0.717, 1.165) is 12.3 Å². The zero-order valence-electron chi connectivity index (χ0n) is 14.4. The molecule has 2 aliphatic heterocycles. The molecule has 3 atom stereocenters. The van der Waals surface area contributed by atoms with Crippen molar-refractivity contribution in [3.8, 4) is 5.75 Å². The summed E-state index contributed by atoms with van der Waals surface area (Å²) in [6.45, 7) is 8.67. The van der Waals surface area contributed by atoms with Crippen LogP contribution in [0.3, 0.4) is 0 Å². The molecule has 2 nitrogen and oxygen atoms in total. The molecule has 4 rings (SSSR count). The van der Waals surface area contributed by atoms with Crippen molar-refractivity contribution < 1.29 is 9.22 Å². The summed E-state index contributed by atoms with van der Waals surface area (Å²) in [6, 6.07) is 19.7. The summed E-state index contributed by atoms with van der Waals surface area (Å²) in [4.78, 5) is 0. The van der Waals surface area contributed by atoms with Crippen LogP contribution in [-0.4, -0.2) is 30.2 Å². The van der Waals surface area contributed by atoms with E-state index in [4.69, 9.17) is 4.74 Å². The predicted molar refractivity (Wildman–Crippen MR) is 93.5 cm³/mol. The van der Waals surface area contributed by atoms with Crippen molar-refractivity contribution in [1.82, 2.24) is 0 Å². The maximum atomic E-state index is 5.46. The number of methoxy groups -OCH3 is 1. The molecule has 2 saturated heterocycles. The molecule has 2 aromatic rings. The SMILES string of the molecule is COc1cccc(C2(C)CC[N+]3(Cc4ccccc4)CC23C)c1. The molecule has 3 unspecified atom stereocenters. The molecule has 0 aliphatic carbocycles. The molecule has 2 fully saturated rings. The van der Waals surface area contributed by atoms with Gasteiger partial charge < -0.3 is 9.22 Å². The van der Waals surface area contributed by atoms with Gasteiger partial charge in [-0.05, 0) is 31.5 Å². The van der Waals surface area contributed by atoms with Crippen molar-refractivity contribution in [1.29, 1.82) is 0 Å². The molecule has 0 spiro atoms. The zero-order valence-corrected chi connectivity index (χ0v) is 14.4. The third-order valence-corrected chi connectivity index (χ3v) is 6.82. The summed E-state index contributed by atoms with van der Waals surface area (Å²) in [5.74, 6) is 0.973. The molecule has 2 heteroatoms. The number of ether oxygens (including phenoxy) is 1. The molecule has 0 N–H and O–H groups in total. The van der Waals surface area contributed by atoms with E-state index in [-0.39, 0.29) is 5.41 Å². The summed E-state index contributed by atoms with van der Waals surface area (Å²) in [6.07, 6.45) is 1.25. The quantitative estimate of drug-likeness (QED) is 0.609.